The molecule has 1 aromatic heterocycles. The van der Waals surface area contributed by atoms with E-state index >= 15 is 0 Å². The topological polar surface area (TPSA) is 76.2 Å². The van der Waals surface area contributed by atoms with Crippen LogP contribution < -0.4 is 11.1 Å². The van der Waals surface area contributed by atoms with Crippen LogP contribution in [0.1, 0.15) is 37.7 Å². The van der Waals surface area contributed by atoms with Gasteiger partial charge in [-0.05, 0) is 105 Å². The zero-order valence-electron chi connectivity index (χ0n) is 20.6. The molecule has 0 saturated carbocycles. The van der Waals surface area contributed by atoms with E-state index in [2.05, 4.69) is 26.9 Å². The van der Waals surface area contributed by atoms with E-state index in [1.807, 2.05) is 36.4 Å². The fourth-order valence-electron chi connectivity index (χ4n) is 5.19. The van der Waals surface area contributed by atoms with Gasteiger partial charge in [0.1, 0.15) is 11.6 Å². The molecule has 0 atom stereocenters. The molecule has 1 aliphatic rings. The Labute approximate surface area is 210 Å². The number of aromatic nitrogens is 2. The SMILES string of the molecule is CC(=O)Nc1cccc(C2CCN(CCCn3c(-c4ccc(N)cc4)nc4ccc(F)cc43)CC2)c1. The highest BCUT2D eigenvalue weighted by Gasteiger charge is 2.21. The number of nitrogen functional groups attached to an aromatic ring is 1. The number of fused-ring (bicyclic) bond motifs is 1. The number of piperidine rings is 1. The third-order valence-electron chi connectivity index (χ3n) is 7.00. The molecule has 1 fully saturated rings. The average molecular weight is 486 g/mol. The van der Waals surface area contributed by atoms with Gasteiger partial charge in [-0.3, -0.25) is 4.79 Å². The quantitative estimate of drug-likeness (QED) is 0.332. The lowest BCUT2D eigenvalue weighted by Gasteiger charge is -2.32. The van der Waals surface area contributed by atoms with E-state index in [0.29, 0.717) is 11.6 Å². The molecule has 36 heavy (non-hydrogen) atoms. The van der Waals surface area contributed by atoms with Crippen molar-refractivity contribution in [3.8, 4) is 11.4 Å². The highest BCUT2D eigenvalue weighted by molar-refractivity contribution is 5.88. The number of hydrogen-bond acceptors (Lipinski definition) is 4. The minimum absolute atomic E-state index is 0.0464. The van der Waals surface area contributed by atoms with Gasteiger partial charge in [-0.1, -0.05) is 12.1 Å². The molecule has 0 bridgehead atoms. The van der Waals surface area contributed by atoms with Crippen LogP contribution in [-0.4, -0.2) is 40.0 Å². The Bertz CT molecular complexity index is 1360. The summed E-state index contributed by atoms with van der Waals surface area (Å²) in [6.45, 7) is 5.36. The normalized spacial score (nSPS) is 14.8. The first-order chi connectivity index (χ1) is 17.5. The number of halogens is 1. The highest BCUT2D eigenvalue weighted by atomic mass is 19.1. The molecule has 1 amide bonds. The molecule has 2 heterocycles. The number of rotatable bonds is 7. The fraction of sp³-hybridized carbons (Fsp3) is 0.310. The van der Waals surface area contributed by atoms with Crippen molar-refractivity contribution in [3.05, 3.63) is 78.1 Å². The van der Waals surface area contributed by atoms with E-state index in [1.54, 1.807) is 12.1 Å². The largest absolute Gasteiger partial charge is 0.399 e. The second-order valence-corrected chi connectivity index (χ2v) is 9.62. The van der Waals surface area contributed by atoms with Crippen LogP contribution in [0.4, 0.5) is 15.8 Å². The number of anilines is 2. The predicted octanol–water partition coefficient (Wildman–Crippen LogP) is 5.65. The van der Waals surface area contributed by atoms with Crippen LogP contribution in [0, 0.1) is 5.82 Å². The van der Waals surface area contributed by atoms with Gasteiger partial charge in [-0.25, -0.2) is 9.37 Å². The number of nitrogens with one attached hydrogen (secondary N) is 1. The van der Waals surface area contributed by atoms with Gasteiger partial charge in [-0.2, -0.15) is 0 Å². The van der Waals surface area contributed by atoms with Crippen LogP contribution in [0.25, 0.3) is 22.4 Å². The number of amides is 1. The minimum atomic E-state index is -0.253. The lowest BCUT2D eigenvalue weighted by atomic mass is 9.89. The van der Waals surface area contributed by atoms with E-state index in [-0.39, 0.29) is 11.7 Å². The summed E-state index contributed by atoms with van der Waals surface area (Å²) in [7, 11) is 0. The molecular formula is C29H32FN5O. The first kappa shape index (κ1) is 24.0. The van der Waals surface area contributed by atoms with E-state index < -0.39 is 0 Å². The standard InChI is InChI=1S/C29H32FN5O/c1-20(36)32-26-5-2-4-23(18-26)21-12-16-34(17-13-21)14-3-15-35-28-19-24(30)8-11-27(28)33-29(35)22-6-9-25(31)10-7-22/h2,4-11,18-19,21H,3,12-17,31H2,1H3,(H,32,36). The molecule has 5 rings (SSSR count). The Kier molecular flexibility index (Phi) is 7.00. The van der Waals surface area contributed by atoms with Gasteiger partial charge in [0, 0.05) is 30.4 Å². The molecule has 6 nitrogen and oxygen atoms in total. The van der Waals surface area contributed by atoms with Crippen molar-refractivity contribution in [3.63, 3.8) is 0 Å². The number of nitrogens with zero attached hydrogens (tertiary/aromatic N) is 3. The summed E-state index contributed by atoms with van der Waals surface area (Å²) < 4.78 is 16.2. The maximum atomic E-state index is 14.1. The number of likely N-dealkylation sites (tertiary alicyclic amines) is 1. The van der Waals surface area contributed by atoms with Gasteiger partial charge in [0.2, 0.25) is 5.91 Å². The number of carbonyl (C=O) groups excluding carboxylic acids is 1. The predicted molar refractivity (Wildman–Crippen MR) is 143 cm³/mol. The Morgan fingerprint density at radius 3 is 2.58 bits per heavy atom. The molecule has 0 unspecified atom stereocenters. The van der Waals surface area contributed by atoms with E-state index in [4.69, 9.17) is 10.7 Å². The molecule has 186 valence electrons. The van der Waals surface area contributed by atoms with Crippen LogP contribution in [-0.2, 0) is 11.3 Å². The summed E-state index contributed by atoms with van der Waals surface area (Å²) in [6.07, 6.45) is 3.14. The van der Waals surface area contributed by atoms with Gasteiger partial charge < -0.3 is 20.5 Å². The monoisotopic (exact) mass is 485 g/mol. The van der Waals surface area contributed by atoms with Crippen molar-refractivity contribution >= 4 is 28.3 Å². The zero-order valence-corrected chi connectivity index (χ0v) is 20.6. The average Bonchev–Trinajstić information content (AvgIpc) is 3.22. The first-order valence-corrected chi connectivity index (χ1v) is 12.6. The number of imidazole rings is 1. The third-order valence-corrected chi connectivity index (χ3v) is 7.00. The molecule has 3 aromatic carbocycles. The third kappa shape index (κ3) is 5.41. The Morgan fingerprint density at radius 1 is 1.06 bits per heavy atom. The Hall–Kier alpha value is -3.71. The van der Waals surface area contributed by atoms with E-state index in [9.17, 15) is 9.18 Å². The van der Waals surface area contributed by atoms with Crippen molar-refractivity contribution in [2.75, 3.05) is 30.7 Å². The van der Waals surface area contributed by atoms with Crippen molar-refractivity contribution in [1.29, 1.82) is 0 Å². The van der Waals surface area contributed by atoms with Crippen LogP contribution in [0.3, 0.4) is 0 Å². The summed E-state index contributed by atoms with van der Waals surface area (Å²) in [5.74, 6) is 1.05. The van der Waals surface area contributed by atoms with Crippen molar-refractivity contribution in [2.45, 2.75) is 38.6 Å². The molecule has 1 aliphatic heterocycles. The number of aryl methyl sites for hydroxylation is 1. The van der Waals surface area contributed by atoms with Crippen molar-refractivity contribution in [2.24, 2.45) is 0 Å². The smallest absolute Gasteiger partial charge is 0.221 e. The van der Waals surface area contributed by atoms with Crippen molar-refractivity contribution in [1.82, 2.24) is 14.5 Å². The molecule has 0 aliphatic carbocycles. The zero-order chi connectivity index (χ0) is 25.1. The van der Waals surface area contributed by atoms with Gasteiger partial charge in [-0.15, -0.1) is 0 Å². The second-order valence-electron chi connectivity index (χ2n) is 9.62. The highest BCUT2D eigenvalue weighted by Crippen LogP contribution is 2.30. The lowest BCUT2D eigenvalue weighted by Crippen LogP contribution is -2.34. The van der Waals surface area contributed by atoms with E-state index in [0.717, 1.165) is 73.6 Å². The number of carbonyl (C=O) groups is 1. The number of benzene rings is 3. The lowest BCUT2D eigenvalue weighted by molar-refractivity contribution is -0.114. The maximum Gasteiger partial charge on any atom is 0.221 e. The van der Waals surface area contributed by atoms with Crippen LogP contribution >= 0.6 is 0 Å². The maximum absolute atomic E-state index is 14.1. The number of nitrogens with two attached hydrogens (primary N) is 1. The van der Waals surface area contributed by atoms with Crippen molar-refractivity contribution < 1.29 is 9.18 Å². The van der Waals surface area contributed by atoms with Gasteiger partial charge in [0.25, 0.3) is 0 Å². The molecular weight excluding hydrogens is 453 g/mol. The number of hydrogen-bond donors (Lipinski definition) is 2. The van der Waals surface area contributed by atoms with Gasteiger partial charge in [0.15, 0.2) is 0 Å². The van der Waals surface area contributed by atoms with Crippen LogP contribution in [0.5, 0.6) is 0 Å². The Morgan fingerprint density at radius 2 is 1.83 bits per heavy atom. The second kappa shape index (κ2) is 10.5. The molecule has 4 aromatic rings. The summed E-state index contributed by atoms with van der Waals surface area (Å²) in [6, 6.07) is 20.7. The summed E-state index contributed by atoms with van der Waals surface area (Å²) >= 11 is 0. The summed E-state index contributed by atoms with van der Waals surface area (Å²) in [5.41, 5.74) is 11.3. The van der Waals surface area contributed by atoms with E-state index in [1.165, 1.54) is 18.6 Å². The minimum Gasteiger partial charge on any atom is -0.399 e. The summed E-state index contributed by atoms with van der Waals surface area (Å²) in [5, 5.41) is 2.88. The molecule has 7 heteroatoms. The molecule has 0 radical (unpaired) electrons. The molecule has 3 N–H and O–H groups in total. The Balaban J connectivity index is 1.23. The van der Waals surface area contributed by atoms with Gasteiger partial charge >= 0.3 is 0 Å². The van der Waals surface area contributed by atoms with Crippen LogP contribution in [0.15, 0.2) is 66.7 Å². The first-order valence-electron chi connectivity index (χ1n) is 12.6. The molecule has 1 saturated heterocycles. The fourth-order valence-corrected chi connectivity index (χ4v) is 5.19. The molecule has 0 spiro atoms. The van der Waals surface area contributed by atoms with Gasteiger partial charge in [0.05, 0.1) is 11.0 Å². The van der Waals surface area contributed by atoms with Crippen LogP contribution in [0.2, 0.25) is 0 Å². The summed E-state index contributed by atoms with van der Waals surface area (Å²) in [4.78, 5) is 18.7.